The Bertz CT molecular complexity index is 424. The number of nitrogens with one attached hydrogen (secondary N) is 1. The first-order valence-electron chi connectivity index (χ1n) is 6.04. The van der Waals surface area contributed by atoms with Crippen molar-refractivity contribution in [3.8, 4) is 11.5 Å². The van der Waals surface area contributed by atoms with Crippen LogP contribution in [0.1, 0.15) is 30.6 Å². The number of methoxy groups -OCH3 is 2. The van der Waals surface area contributed by atoms with E-state index in [0.717, 1.165) is 0 Å². The van der Waals surface area contributed by atoms with E-state index in [1.54, 1.807) is 18.2 Å². The lowest BCUT2D eigenvalue weighted by atomic mass is 10.0. The Balaban J connectivity index is 3.05. The van der Waals surface area contributed by atoms with Gasteiger partial charge in [-0.05, 0) is 32.4 Å². The molecule has 1 N–H and O–H groups in total. The van der Waals surface area contributed by atoms with Gasteiger partial charge in [-0.25, -0.2) is 0 Å². The van der Waals surface area contributed by atoms with Crippen LogP contribution in [0.2, 0.25) is 0 Å². The zero-order chi connectivity index (χ0) is 14.5. The number of rotatable bonds is 6. The second-order valence-electron chi connectivity index (χ2n) is 4.81. The van der Waals surface area contributed by atoms with Gasteiger partial charge in [0.05, 0.1) is 14.2 Å². The molecule has 0 radical (unpaired) electrons. The third-order valence-electron chi connectivity index (χ3n) is 2.83. The summed E-state index contributed by atoms with van der Waals surface area (Å²) in [6.45, 7) is 3.85. The standard InChI is InChI=1S/C14H20ClNO3/c1-14(2,8-9-15)16-13(17)12-10(18-3)6-5-7-11(12)19-4/h5-7H,8-9H2,1-4H3,(H,16,17). The van der Waals surface area contributed by atoms with Crippen molar-refractivity contribution in [1.82, 2.24) is 5.32 Å². The molecule has 0 fully saturated rings. The van der Waals surface area contributed by atoms with Gasteiger partial charge in [0.2, 0.25) is 0 Å². The normalized spacial score (nSPS) is 11.0. The van der Waals surface area contributed by atoms with E-state index < -0.39 is 0 Å². The predicted octanol–water partition coefficient (Wildman–Crippen LogP) is 2.84. The number of benzene rings is 1. The minimum atomic E-state index is -0.384. The molecule has 0 spiro atoms. The molecular formula is C14H20ClNO3. The average Bonchev–Trinajstić information content (AvgIpc) is 2.36. The topological polar surface area (TPSA) is 47.6 Å². The third-order valence-corrected chi connectivity index (χ3v) is 3.02. The molecule has 1 rings (SSSR count). The summed E-state index contributed by atoms with van der Waals surface area (Å²) < 4.78 is 10.4. The van der Waals surface area contributed by atoms with Crippen LogP contribution in [0.3, 0.4) is 0 Å². The molecule has 0 saturated heterocycles. The van der Waals surface area contributed by atoms with Gasteiger partial charge in [-0.2, -0.15) is 0 Å². The van der Waals surface area contributed by atoms with Gasteiger partial charge in [0, 0.05) is 11.4 Å². The van der Waals surface area contributed by atoms with Crippen molar-refractivity contribution in [1.29, 1.82) is 0 Å². The Morgan fingerprint density at radius 3 is 2.21 bits per heavy atom. The first-order valence-corrected chi connectivity index (χ1v) is 6.58. The van der Waals surface area contributed by atoms with Crippen molar-refractivity contribution in [3.05, 3.63) is 23.8 Å². The highest BCUT2D eigenvalue weighted by atomic mass is 35.5. The highest BCUT2D eigenvalue weighted by Gasteiger charge is 2.25. The van der Waals surface area contributed by atoms with E-state index in [-0.39, 0.29) is 11.4 Å². The number of ether oxygens (including phenoxy) is 2. The number of halogens is 1. The van der Waals surface area contributed by atoms with Crippen molar-refractivity contribution in [2.75, 3.05) is 20.1 Å². The van der Waals surface area contributed by atoms with Crippen LogP contribution in [-0.4, -0.2) is 31.5 Å². The van der Waals surface area contributed by atoms with Crippen molar-refractivity contribution >= 4 is 17.5 Å². The molecule has 0 saturated carbocycles. The highest BCUT2D eigenvalue weighted by Crippen LogP contribution is 2.28. The van der Waals surface area contributed by atoms with Crippen LogP contribution < -0.4 is 14.8 Å². The van der Waals surface area contributed by atoms with Gasteiger partial charge in [-0.3, -0.25) is 4.79 Å². The van der Waals surface area contributed by atoms with Crippen molar-refractivity contribution < 1.29 is 14.3 Å². The molecule has 5 heteroatoms. The number of amides is 1. The molecule has 0 aliphatic heterocycles. The van der Waals surface area contributed by atoms with E-state index in [2.05, 4.69) is 5.32 Å². The van der Waals surface area contributed by atoms with Gasteiger partial charge in [0.25, 0.3) is 5.91 Å². The molecular weight excluding hydrogens is 266 g/mol. The van der Waals surface area contributed by atoms with Crippen LogP contribution in [0.4, 0.5) is 0 Å². The summed E-state index contributed by atoms with van der Waals surface area (Å²) in [4.78, 5) is 12.4. The van der Waals surface area contributed by atoms with E-state index in [0.29, 0.717) is 29.4 Å². The van der Waals surface area contributed by atoms with Gasteiger partial charge in [-0.15, -0.1) is 11.6 Å². The fraction of sp³-hybridized carbons (Fsp3) is 0.500. The Labute approximate surface area is 119 Å². The molecule has 0 atom stereocenters. The smallest absolute Gasteiger partial charge is 0.259 e. The van der Waals surface area contributed by atoms with Gasteiger partial charge >= 0.3 is 0 Å². The van der Waals surface area contributed by atoms with E-state index in [4.69, 9.17) is 21.1 Å². The summed E-state index contributed by atoms with van der Waals surface area (Å²) in [5, 5.41) is 2.94. The number of carbonyl (C=O) groups is 1. The maximum Gasteiger partial charge on any atom is 0.259 e. The van der Waals surface area contributed by atoms with Crippen LogP contribution in [0.25, 0.3) is 0 Å². The third kappa shape index (κ3) is 4.03. The molecule has 0 aliphatic carbocycles. The largest absolute Gasteiger partial charge is 0.496 e. The molecule has 1 aromatic carbocycles. The maximum absolute atomic E-state index is 12.4. The zero-order valence-corrected chi connectivity index (χ0v) is 12.5. The molecule has 0 bridgehead atoms. The second kappa shape index (κ2) is 6.66. The fourth-order valence-corrected chi connectivity index (χ4v) is 2.22. The summed E-state index contributed by atoms with van der Waals surface area (Å²) >= 11 is 5.73. The minimum Gasteiger partial charge on any atom is -0.496 e. The van der Waals surface area contributed by atoms with Crippen LogP contribution in [0.15, 0.2) is 18.2 Å². The molecule has 0 heterocycles. The molecule has 0 aliphatic rings. The average molecular weight is 286 g/mol. The number of carbonyl (C=O) groups excluding carboxylic acids is 1. The summed E-state index contributed by atoms with van der Waals surface area (Å²) in [5.74, 6) is 1.22. The first kappa shape index (κ1) is 15.6. The lowest BCUT2D eigenvalue weighted by Crippen LogP contribution is -2.43. The molecule has 4 nitrogen and oxygen atoms in total. The molecule has 19 heavy (non-hydrogen) atoms. The maximum atomic E-state index is 12.4. The van der Waals surface area contributed by atoms with Crippen LogP contribution in [0.5, 0.6) is 11.5 Å². The molecule has 1 amide bonds. The van der Waals surface area contributed by atoms with E-state index in [1.165, 1.54) is 14.2 Å². The lowest BCUT2D eigenvalue weighted by Gasteiger charge is -2.26. The van der Waals surface area contributed by atoms with Gasteiger partial charge in [0.1, 0.15) is 17.1 Å². The van der Waals surface area contributed by atoms with Crippen LogP contribution in [-0.2, 0) is 0 Å². The van der Waals surface area contributed by atoms with Crippen molar-refractivity contribution in [3.63, 3.8) is 0 Å². The summed E-state index contributed by atoms with van der Waals surface area (Å²) in [7, 11) is 3.05. The summed E-state index contributed by atoms with van der Waals surface area (Å²) in [6, 6.07) is 5.23. The minimum absolute atomic E-state index is 0.232. The Hall–Kier alpha value is -1.42. The lowest BCUT2D eigenvalue weighted by molar-refractivity contribution is 0.0905. The van der Waals surface area contributed by atoms with Gasteiger partial charge in [0.15, 0.2) is 0 Å². The Morgan fingerprint density at radius 1 is 1.26 bits per heavy atom. The predicted molar refractivity (Wildman–Crippen MR) is 76.4 cm³/mol. The second-order valence-corrected chi connectivity index (χ2v) is 5.19. The van der Waals surface area contributed by atoms with Gasteiger partial charge in [-0.1, -0.05) is 6.07 Å². The monoisotopic (exact) mass is 285 g/mol. The van der Waals surface area contributed by atoms with Crippen molar-refractivity contribution in [2.24, 2.45) is 0 Å². The van der Waals surface area contributed by atoms with Gasteiger partial charge < -0.3 is 14.8 Å². The molecule has 0 aromatic heterocycles. The number of alkyl halides is 1. The summed E-state index contributed by atoms with van der Waals surface area (Å²) in [6.07, 6.45) is 0.678. The van der Waals surface area contributed by atoms with Crippen molar-refractivity contribution in [2.45, 2.75) is 25.8 Å². The molecule has 106 valence electrons. The SMILES string of the molecule is COc1cccc(OC)c1C(=O)NC(C)(C)CCCl. The Morgan fingerprint density at radius 2 is 1.79 bits per heavy atom. The number of hydrogen-bond acceptors (Lipinski definition) is 3. The van der Waals surface area contributed by atoms with E-state index >= 15 is 0 Å². The van der Waals surface area contributed by atoms with E-state index in [9.17, 15) is 4.79 Å². The highest BCUT2D eigenvalue weighted by molar-refractivity contribution is 6.17. The molecule has 1 aromatic rings. The van der Waals surface area contributed by atoms with Crippen LogP contribution in [0, 0.1) is 0 Å². The summed E-state index contributed by atoms with van der Waals surface area (Å²) in [5.41, 5.74) is 0.0141. The van der Waals surface area contributed by atoms with E-state index in [1.807, 2.05) is 13.8 Å². The van der Waals surface area contributed by atoms with Crippen LogP contribution >= 0.6 is 11.6 Å². The fourth-order valence-electron chi connectivity index (χ4n) is 1.74. The quantitative estimate of drug-likeness (QED) is 0.818. The zero-order valence-electron chi connectivity index (χ0n) is 11.7. The number of hydrogen-bond donors (Lipinski definition) is 1. The Kier molecular flexibility index (Phi) is 5.48. The first-order chi connectivity index (χ1) is 8.95. The molecule has 0 unspecified atom stereocenters.